The van der Waals surface area contributed by atoms with Crippen molar-refractivity contribution in [3.8, 4) is 0 Å². The maximum atomic E-state index is 13.3. The highest BCUT2D eigenvalue weighted by atomic mass is 19.4. The van der Waals surface area contributed by atoms with Crippen molar-refractivity contribution in [1.82, 2.24) is 76.7 Å². The summed E-state index contributed by atoms with van der Waals surface area (Å²) in [5.41, 5.74) is 0.819. The number of aromatic nitrogens is 10. The van der Waals surface area contributed by atoms with E-state index in [1.54, 1.807) is 12.3 Å². The van der Waals surface area contributed by atoms with Crippen LogP contribution in [0, 0.1) is 11.8 Å². The number of hydrogen-bond donors (Lipinski definition) is 6. The van der Waals surface area contributed by atoms with E-state index in [4.69, 9.17) is 9.47 Å². The van der Waals surface area contributed by atoms with E-state index >= 15 is 0 Å². The number of urea groups is 1. The molecule has 1 saturated heterocycles. The largest absolute Gasteiger partial charge is 0.416 e. The van der Waals surface area contributed by atoms with Gasteiger partial charge < -0.3 is 45.6 Å². The molecule has 0 bridgehead atoms. The number of halogens is 6. The minimum Gasteiger partial charge on any atom is -0.382 e. The van der Waals surface area contributed by atoms with Gasteiger partial charge in [0.25, 0.3) is 11.8 Å². The number of rotatable bonds is 17. The van der Waals surface area contributed by atoms with Crippen LogP contribution in [0.3, 0.4) is 0 Å². The summed E-state index contributed by atoms with van der Waals surface area (Å²) >= 11 is 0. The van der Waals surface area contributed by atoms with Crippen molar-refractivity contribution in [2.24, 2.45) is 11.8 Å². The second-order valence-corrected chi connectivity index (χ2v) is 17.0. The summed E-state index contributed by atoms with van der Waals surface area (Å²) < 4.78 is 98.7. The van der Waals surface area contributed by atoms with Crippen molar-refractivity contribution < 1.29 is 59.5 Å². The SMILES string of the molecule is CC.CC.CC.CNC(c1cnc2nc(C(COC(C)(C)C(F)(F)F)NC(=O)c3cnon3)[nH]c2c1)C1CC1.COCC(NC(=O)c1cnon1)c1nc2ncc(C(C3CC3)N3CC(C(F)(F)F)NC3=O)cc2[nH]1. The molecular weight excluding hydrogens is 989 g/mol. The number of ether oxygens (including phenoxy) is 2. The molecule has 3 fully saturated rings. The second-order valence-electron chi connectivity index (χ2n) is 17.0. The van der Waals surface area contributed by atoms with Crippen LogP contribution in [0.2, 0.25) is 0 Å². The molecule has 406 valence electrons. The summed E-state index contributed by atoms with van der Waals surface area (Å²) in [6.45, 7) is 12.9. The Morgan fingerprint density at radius 3 is 1.66 bits per heavy atom. The van der Waals surface area contributed by atoms with Crippen LogP contribution in [0.4, 0.5) is 31.1 Å². The fraction of sp³-hybridized carbons (Fsp3) is 0.587. The lowest BCUT2D eigenvalue weighted by Gasteiger charge is -2.29. The first-order chi connectivity index (χ1) is 35.3. The van der Waals surface area contributed by atoms with Gasteiger partial charge in [0.05, 0.1) is 36.8 Å². The van der Waals surface area contributed by atoms with Gasteiger partial charge in [0.2, 0.25) is 0 Å². The van der Waals surface area contributed by atoms with E-state index < -0.39 is 73.1 Å². The number of hydrogen-bond acceptors (Lipinski definition) is 16. The molecule has 4 amide bonds. The van der Waals surface area contributed by atoms with E-state index in [0.717, 1.165) is 51.3 Å². The number of imidazole rings is 2. The molecule has 6 N–H and O–H groups in total. The van der Waals surface area contributed by atoms with E-state index in [9.17, 15) is 40.7 Å². The molecule has 1 aliphatic heterocycles. The lowest BCUT2D eigenvalue weighted by Crippen LogP contribution is -2.44. The molecule has 0 radical (unpaired) electrons. The minimum atomic E-state index is -4.60. The summed E-state index contributed by atoms with van der Waals surface area (Å²) in [6.07, 6.45) is 0.252. The minimum absolute atomic E-state index is 0.0176. The number of pyridine rings is 2. The number of methoxy groups -OCH3 is 1. The predicted octanol–water partition coefficient (Wildman–Crippen LogP) is 7.78. The van der Waals surface area contributed by atoms with Crippen molar-refractivity contribution in [1.29, 1.82) is 0 Å². The lowest BCUT2D eigenvalue weighted by molar-refractivity contribution is -0.265. The first kappa shape index (κ1) is 58.1. The maximum absolute atomic E-state index is 13.3. The molecular formula is C46H63F6N15O7. The van der Waals surface area contributed by atoms with Gasteiger partial charge in [-0.2, -0.15) is 26.3 Å². The molecule has 6 aromatic heterocycles. The normalized spacial score (nSPS) is 17.2. The van der Waals surface area contributed by atoms with Gasteiger partial charge >= 0.3 is 18.4 Å². The van der Waals surface area contributed by atoms with Gasteiger partial charge in [0.15, 0.2) is 28.3 Å². The zero-order valence-electron chi connectivity index (χ0n) is 42.6. The molecule has 6 aromatic rings. The Balaban J connectivity index is 0.000000250. The van der Waals surface area contributed by atoms with Crippen LogP contribution in [-0.4, -0.2) is 131 Å². The lowest BCUT2D eigenvalue weighted by atomic mass is 10.0. The molecule has 3 aliphatic rings. The van der Waals surface area contributed by atoms with Crippen molar-refractivity contribution in [3.63, 3.8) is 0 Å². The van der Waals surface area contributed by atoms with Gasteiger partial charge in [-0.3, -0.25) is 9.59 Å². The van der Waals surface area contributed by atoms with Crippen LogP contribution in [0.1, 0.15) is 149 Å². The fourth-order valence-electron chi connectivity index (χ4n) is 7.65. The van der Waals surface area contributed by atoms with Gasteiger partial charge in [-0.05, 0) is 92.0 Å². The Kier molecular flexibility index (Phi) is 20.0. The van der Waals surface area contributed by atoms with E-state index in [1.165, 1.54) is 24.4 Å². The number of amides is 4. The van der Waals surface area contributed by atoms with Gasteiger partial charge in [-0.1, -0.05) is 51.9 Å². The second kappa shape index (κ2) is 25.4. The van der Waals surface area contributed by atoms with E-state index in [2.05, 4.69) is 75.7 Å². The molecule has 5 unspecified atom stereocenters. The number of nitrogens with zero attached hydrogens (tertiary/aromatic N) is 9. The third-order valence-corrected chi connectivity index (χ3v) is 11.7. The molecule has 9 rings (SSSR count). The molecule has 0 aromatic carbocycles. The standard InChI is InChI=1S/C20H21F3N8O4.C20H24F3N7O3.3C2H6/c1-34-8-13(27-18(32)12-6-25-35-30-12)17-26-11-4-10(5-24-16(11)29-17)15(9-2-3-9)31-7-14(20(21,22)23)28-19(31)33;1-19(2,20(21,22)23)32-9-14(28-18(31)13-8-26-33-30-13)17-27-12-6-11(7-25-16(12)29-17)15(24-3)10-4-5-10;3*1-2/h4-6,9,13-15H,2-3,7-8H2,1H3,(H,27,32)(H,28,33)(H,24,26,29);6-8,10,14-15,24H,4-5,9H2,1-3H3,(H,28,31)(H,25,27,29);3*1-2H3. The van der Waals surface area contributed by atoms with Crippen LogP contribution in [-0.2, 0) is 9.47 Å². The van der Waals surface area contributed by atoms with E-state index in [-0.39, 0.29) is 35.8 Å². The third-order valence-electron chi connectivity index (χ3n) is 11.7. The van der Waals surface area contributed by atoms with E-state index in [0.29, 0.717) is 39.6 Å². The summed E-state index contributed by atoms with van der Waals surface area (Å²) in [7, 11) is 3.35. The Morgan fingerprint density at radius 2 is 1.24 bits per heavy atom. The van der Waals surface area contributed by atoms with Crippen LogP contribution < -0.4 is 21.3 Å². The fourth-order valence-corrected chi connectivity index (χ4v) is 7.65. The monoisotopic (exact) mass is 1050 g/mol. The van der Waals surface area contributed by atoms with Gasteiger partial charge in [-0.25, -0.2) is 34.0 Å². The van der Waals surface area contributed by atoms with Crippen LogP contribution >= 0.6 is 0 Å². The zero-order chi connectivity index (χ0) is 54.5. The Bertz CT molecular complexity index is 2710. The van der Waals surface area contributed by atoms with Crippen molar-refractivity contribution in [3.05, 3.63) is 71.1 Å². The third kappa shape index (κ3) is 14.3. The first-order valence-electron chi connectivity index (χ1n) is 24.2. The molecule has 22 nitrogen and oxygen atoms in total. The quantitative estimate of drug-likeness (QED) is 0.0476. The smallest absolute Gasteiger partial charge is 0.382 e. The molecule has 2 saturated carbocycles. The topological polar surface area (TPSA) is 282 Å². The average molecular weight is 1050 g/mol. The number of carbonyl (C=O) groups excluding carboxylic acids is 3. The molecule has 0 spiro atoms. The number of alkyl halides is 6. The molecule has 28 heteroatoms. The summed E-state index contributed by atoms with van der Waals surface area (Å²) in [5.74, 6) is -0.105. The van der Waals surface area contributed by atoms with Crippen molar-refractivity contribution in [2.75, 3.05) is 33.9 Å². The first-order valence-corrected chi connectivity index (χ1v) is 24.2. The number of fused-ring (bicyclic) bond motifs is 2. The van der Waals surface area contributed by atoms with Crippen LogP contribution in [0.5, 0.6) is 0 Å². The van der Waals surface area contributed by atoms with Crippen molar-refractivity contribution >= 4 is 40.2 Å². The Labute approximate surface area is 421 Å². The number of H-pyrrole nitrogens is 2. The van der Waals surface area contributed by atoms with Crippen molar-refractivity contribution in [2.45, 2.75) is 129 Å². The molecule has 74 heavy (non-hydrogen) atoms. The molecule has 5 atom stereocenters. The molecule has 7 heterocycles. The highest BCUT2D eigenvalue weighted by molar-refractivity contribution is 5.92. The Morgan fingerprint density at radius 1 is 0.757 bits per heavy atom. The highest BCUT2D eigenvalue weighted by Gasteiger charge is 2.51. The highest BCUT2D eigenvalue weighted by Crippen LogP contribution is 2.46. The maximum Gasteiger partial charge on any atom is 0.416 e. The number of aromatic amines is 2. The summed E-state index contributed by atoms with van der Waals surface area (Å²) in [5, 5.41) is 24.3. The summed E-state index contributed by atoms with van der Waals surface area (Å²) in [6, 6.07) is -1.15. The molecule has 2 aliphatic carbocycles. The average Bonchev–Trinajstić information content (AvgIpc) is 3.95. The van der Waals surface area contributed by atoms with Crippen LogP contribution in [0.15, 0.2) is 46.2 Å². The van der Waals surface area contributed by atoms with E-state index in [1.807, 2.05) is 60.0 Å². The van der Waals surface area contributed by atoms with Crippen LogP contribution in [0.25, 0.3) is 22.3 Å². The predicted molar refractivity (Wildman–Crippen MR) is 254 cm³/mol. The summed E-state index contributed by atoms with van der Waals surface area (Å²) in [4.78, 5) is 62.2. The van der Waals surface area contributed by atoms with Gasteiger partial charge in [-0.15, -0.1) is 0 Å². The van der Waals surface area contributed by atoms with Gasteiger partial charge in [0, 0.05) is 25.5 Å². The Hall–Kier alpha value is -6.81. The number of nitrogens with one attached hydrogen (secondary N) is 6. The number of carbonyl (C=O) groups is 3. The van der Waals surface area contributed by atoms with Gasteiger partial charge in [0.1, 0.15) is 42.2 Å². The zero-order valence-corrected chi connectivity index (χ0v) is 42.6.